The normalized spacial score (nSPS) is 21.2. The molecule has 1 saturated carbocycles. The number of carbonyl (C=O) groups excluding carboxylic acids is 2. The number of hydrogen-bond donors (Lipinski definition) is 5. The number of halogens is 1. The Morgan fingerprint density at radius 1 is 0.929 bits per heavy atom. The Balaban J connectivity index is 1.35. The van der Waals surface area contributed by atoms with E-state index in [9.17, 15) is 9.59 Å². The van der Waals surface area contributed by atoms with Crippen molar-refractivity contribution < 1.29 is 9.59 Å². The summed E-state index contributed by atoms with van der Waals surface area (Å²) in [6, 6.07) is 14.5. The van der Waals surface area contributed by atoms with Gasteiger partial charge in [-0.1, -0.05) is 23.7 Å². The van der Waals surface area contributed by atoms with Crippen molar-refractivity contribution in [1.82, 2.24) is 16.2 Å². The minimum absolute atomic E-state index is 0.0790. The highest BCUT2D eigenvalue weighted by Crippen LogP contribution is 2.27. The number of amides is 3. The van der Waals surface area contributed by atoms with Crippen molar-refractivity contribution in [3.05, 3.63) is 59.1 Å². The summed E-state index contributed by atoms with van der Waals surface area (Å²) in [4.78, 5) is 24.5. The van der Waals surface area contributed by atoms with Gasteiger partial charge < -0.3 is 16.0 Å². The smallest absolute Gasteiger partial charge is 0.319 e. The van der Waals surface area contributed by atoms with Crippen LogP contribution in [-0.2, 0) is 4.79 Å². The number of urea groups is 1. The lowest BCUT2D eigenvalue weighted by Gasteiger charge is -2.18. The first kappa shape index (κ1) is 18.7. The minimum Gasteiger partial charge on any atom is -0.335 e. The Kier molecular flexibility index (Phi) is 5.47. The second-order valence-corrected chi connectivity index (χ2v) is 7.54. The van der Waals surface area contributed by atoms with Crippen LogP contribution in [0, 0.1) is 5.92 Å². The van der Waals surface area contributed by atoms with Gasteiger partial charge in [-0.3, -0.25) is 10.2 Å². The highest BCUT2D eigenvalue weighted by atomic mass is 35.5. The molecule has 1 aliphatic carbocycles. The molecule has 2 unspecified atom stereocenters. The van der Waals surface area contributed by atoms with Crippen molar-refractivity contribution in [3.63, 3.8) is 0 Å². The Hall–Kier alpha value is -2.61. The number of rotatable bonds is 5. The van der Waals surface area contributed by atoms with Gasteiger partial charge in [-0.15, -0.1) is 0 Å². The van der Waals surface area contributed by atoms with Gasteiger partial charge in [-0.05, 0) is 54.8 Å². The van der Waals surface area contributed by atoms with Gasteiger partial charge >= 0.3 is 6.03 Å². The van der Waals surface area contributed by atoms with E-state index in [0.29, 0.717) is 29.0 Å². The van der Waals surface area contributed by atoms with E-state index in [0.717, 1.165) is 18.4 Å². The average Bonchev–Trinajstić information content (AvgIpc) is 3.35. The van der Waals surface area contributed by atoms with E-state index in [1.165, 1.54) is 0 Å². The highest BCUT2D eigenvalue weighted by Gasteiger charge is 2.34. The zero-order valence-corrected chi connectivity index (χ0v) is 15.9. The fourth-order valence-corrected chi connectivity index (χ4v) is 3.31. The molecule has 1 heterocycles. The Morgan fingerprint density at radius 3 is 2.21 bits per heavy atom. The maximum absolute atomic E-state index is 12.8. The van der Waals surface area contributed by atoms with E-state index in [4.69, 9.17) is 11.6 Å². The molecule has 1 saturated heterocycles. The van der Waals surface area contributed by atoms with E-state index in [-0.39, 0.29) is 23.9 Å². The lowest BCUT2D eigenvalue weighted by molar-refractivity contribution is -0.119. The topological polar surface area (TPSA) is 94.3 Å². The van der Waals surface area contributed by atoms with Gasteiger partial charge in [0.15, 0.2) is 0 Å². The van der Waals surface area contributed by atoms with Crippen LogP contribution in [0.25, 0.3) is 0 Å². The molecule has 4 rings (SSSR count). The number of nitrogens with one attached hydrogen (secondary N) is 5. The monoisotopic (exact) mass is 399 g/mol. The maximum atomic E-state index is 12.8. The molecule has 2 fully saturated rings. The maximum Gasteiger partial charge on any atom is 0.319 e. The molecule has 2 atom stereocenters. The van der Waals surface area contributed by atoms with Gasteiger partial charge in [0, 0.05) is 29.0 Å². The Labute approximate surface area is 168 Å². The summed E-state index contributed by atoms with van der Waals surface area (Å²) in [5, 5.41) is 9.26. The summed E-state index contributed by atoms with van der Waals surface area (Å²) < 4.78 is 0. The molecule has 0 spiro atoms. The van der Waals surface area contributed by atoms with E-state index in [2.05, 4.69) is 26.8 Å². The molecular formula is C20H22ClN5O2. The summed E-state index contributed by atoms with van der Waals surface area (Å²) in [5.74, 6) is -0.340. The van der Waals surface area contributed by atoms with Crippen molar-refractivity contribution in [1.29, 1.82) is 0 Å². The van der Waals surface area contributed by atoms with Gasteiger partial charge in [-0.25, -0.2) is 10.2 Å². The molecule has 7 nitrogen and oxygen atoms in total. The molecule has 3 amide bonds. The van der Waals surface area contributed by atoms with Gasteiger partial charge in [0.05, 0.1) is 12.0 Å². The average molecular weight is 400 g/mol. The molecule has 146 valence electrons. The molecule has 0 aromatic heterocycles. The van der Waals surface area contributed by atoms with Gasteiger partial charge in [-0.2, -0.15) is 0 Å². The molecular weight excluding hydrogens is 378 g/mol. The summed E-state index contributed by atoms with van der Waals surface area (Å²) in [6.07, 6.45) is 2.08. The molecule has 2 aliphatic rings. The van der Waals surface area contributed by atoms with E-state index in [1.54, 1.807) is 24.3 Å². The third-order valence-corrected chi connectivity index (χ3v) is 5.12. The minimum atomic E-state index is -0.261. The summed E-state index contributed by atoms with van der Waals surface area (Å²) >= 11 is 5.95. The molecule has 0 radical (unpaired) electrons. The molecule has 28 heavy (non-hydrogen) atoms. The second kappa shape index (κ2) is 8.18. The molecule has 0 bridgehead atoms. The second-order valence-electron chi connectivity index (χ2n) is 7.10. The van der Waals surface area contributed by atoms with E-state index < -0.39 is 0 Å². The fourth-order valence-electron chi connectivity index (χ4n) is 3.18. The molecule has 5 N–H and O–H groups in total. The number of benzene rings is 2. The van der Waals surface area contributed by atoms with Crippen LogP contribution in [0.3, 0.4) is 0 Å². The van der Waals surface area contributed by atoms with E-state index in [1.807, 2.05) is 24.3 Å². The van der Waals surface area contributed by atoms with Crippen LogP contribution < -0.4 is 26.8 Å². The van der Waals surface area contributed by atoms with Crippen LogP contribution in [0.1, 0.15) is 24.4 Å². The predicted molar refractivity (Wildman–Crippen MR) is 109 cm³/mol. The highest BCUT2D eigenvalue weighted by molar-refractivity contribution is 6.30. The molecule has 8 heteroatoms. The first-order chi connectivity index (χ1) is 13.6. The summed E-state index contributed by atoms with van der Waals surface area (Å²) in [6.45, 7) is 0.528. The van der Waals surface area contributed by atoms with Crippen molar-refractivity contribution in [2.24, 2.45) is 5.92 Å². The quantitative estimate of drug-likeness (QED) is 0.534. The first-order valence-corrected chi connectivity index (χ1v) is 9.68. The van der Waals surface area contributed by atoms with Gasteiger partial charge in [0.25, 0.3) is 0 Å². The largest absolute Gasteiger partial charge is 0.335 e. The standard InChI is InChI=1S/C20H22ClN5O2/c21-13-3-1-12(2-4-13)18-17(11-22-26-18)19(27)23-14-5-7-15(8-6-14)24-20(28)25-16-9-10-16/h1-8,16-18,22,26H,9-11H2,(H,23,27)(H2,24,25,28). The molecule has 1 aliphatic heterocycles. The van der Waals surface area contributed by atoms with Crippen molar-refractivity contribution in [2.75, 3.05) is 17.2 Å². The number of carbonyl (C=O) groups is 2. The zero-order valence-electron chi connectivity index (χ0n) is 15.2. The van der Waals surface area contributed by atoms with Crippen LogP contribution in [-0.4, -0.2) is 24.5 Å². The Morgan fingerprint density at radius 2 is 1.57 bits per heavy atom. The third-order valence-electron chi connectivity index (χ3n) is 4.87. The van der Waals surface area contributed by atoms with Gasteiger partial charge in [0.1, 0.15) is 0 Å². The van der Waals surface area contributed by atoms with Crippen molar-refractivity contribution in [2.45, 2.75) is 24.9 Å². The lowest BCUT2D eigenvalue weighted by Crippen LogP contribution is -2.30. The summed E-state index contributed by atoms with van der Waals surface area (Å²) in [7, 11) is 0. The van der Waals surface area contributed by atoms with Gasteiger partial charge in [0.2, 0.25) is 5.91 Å². The first-order valence-electron chi connectivity index (χ1n) is 9.31. The molecule has 2 aromatic carbocycles. The van der Waals surface area contributed by atoms with E-state index >= 15 is 0 Å². The third kappa shape index (κ3) is 4.62. The number of anilines is 2. The number of hydrazine groups is 1. The van der Waals surface area contributed by atoms with Crippen LogP contribution >= 0.6 is 11.6 Å². The summed E-state index contributed by atoms with van der Waals surface area (Å²) in [5.41, 5.74) is 8.56. The van der Waals surface area contributed by atoms with Crippen LogP contribution in [0.5, 0.6) is 0 Å². The Bertz CT molecular complexity index is 852. The fraction of sp³-hybridized carbons (Fsp3) is 0.300. The lowest BCUT2D eigenvalue weighted by atomic mass is 9.94. The predicted octanol–water partition coefficient (Wildman–Crippen LogP) is 3.03. The van der Waals surface area contributed by atoms with Crippen LogP contribution in [0.2, 0.25) is 5.02 Å². The van der Waals surface area contributed by atoms with Crippen molar-refractivity contribution >= 4 is 34.9 Å². The van der Waals surface area contributed by atoms with Crippen LogP contribution in [0.15, 0.2) is 48.5 Å². The van der Waals surface area contributed by atoms with Crippen LogP contribution in [0.4, 0.5) is 16.2 Å². The number of hydrogen-bond acceptors (Lipinski definition) is 4. The molecule has 2 aromatic rings. The zero-order chi connectivity index (χ0) is 19.5. The van der Waals surface area contributed by atoms with Crippen molar-refractivity contribution in [3.8, 4) is 0 Å². The SMILES string of the molecule is O=C(Nc1ccc(NC(=O)C2CNNC2c2ccc(Cl)cc2)cc1)NC1CC1.